The molecule has 102 valence electrons. The number of fused-ring (bicyclic) bond motifs is 1. The number of ether oxygens (including phenoxy) is 1. The van der Waals surface area contributed by atoms with Crippen molar-refractivity contribution in [1.29, 1.82) is 0 Å². The Morgan fingerprint density at radius 3 is 2.70 bits per heavy atom. The minimum atomic E-state index is 0.352. The Balaban J connectivity index is 2.04. The van der Waals surface area contributed by atoms with Gasteiger partial charge < -0.3 is 9.84 Å². The first-order valence-corrected chi connectivity index (χ1v) is 6.92. The minimum Gasteiger partial charge on any atom is -0.508 e. The molecule has 0 unspecified atom stereocenters. The van der Waals surface area contributed by atoms with Crippen molar-refractivity contribution in [2.45, 2.75) is 19.3 Å². The molecule has 0 aromatic heterocycles. The fourth-order valence-electron chi connectivity index (χ4n) is 2.78. The summed E-state index contributed by atoms with van der Waals surface area (Å²) in [5.41, 5.74) is 2.13. The van der Waals surface area contributed by atoms with E-state index in [9.17, 15) is 5.11 Å². The maximum Gasteiger partial charge on any atom is 0.119 e. The molecule has 0 amide bonds. The molecule has 2 nitrogen and oxygen atoms in total. The molecular formula is C18H18O2. The van der Waals surface area contributed by atoms with Gasteiger partial charge >= 0.3 is 0 Å². The summed E-state index contributed by atoms with van der Waals surface area (Å²) >= 11 is 0. The van der Waals surface area contributed by atoms with Gasteiger partial charge in [0.05, 0.1) is 7.11 Å². The zero-order valence-electron chi connectivity index (χ0n) is 11.6. The van der Waals surface area contributed by atoms with Gasteiger partial charge in [-0.2, -0.15) is 0 Å². The van der Waals surface area contributed by atoms with Gasteiger partial charge in [0.25, 0.3) is 0 Å². The van der Waals surface area contributed by atoms with Crippen molar-refractivity contribution in [1.82, 2.24) is 0 Å². The van der Waals surface area contributed by atoms with E-state index >= 15 is 0 Å². The minimum absolute atomic E-state index is 0.352. The van der Waals surface area contributed by atoms with Crippen molar-refractivity contribution in [3.05, 3.63) is 65.4 Å². The van der Waals surface area contributed by atoms with Gasteiger partial charge in [0.1, 0.15) is 11.5 Å². The normalized spacial score (nSPS) is 14.8. The monoisotopic (exact) mass is 266 g/mol. The molecule has 0 aliphatic heterocycles. The molecule has 1 aliphatic carbocycles. The van der Waals surface area contributed by atoms with Gasteiger partial charge in [-0.1, -0.05) is 36.4 Å². The van der Waals surface area contributed by atoms with Crippen LogP contribution in [0.15, 0.2) is 59.9 Å². The van der Waals surface area contributed by atoms with Crippen molar-refractivity contribution < 1.29 is 9.84 Å². The zero-order valence-corrected chi connectivity index (χ0v) is 11.6. The van der Waals surface area contributed by atoms with E-state index in [-0.39, 0.29) is 0 Å². The van der Waals surface area contributed by atoms with Gasteiger partial charge in [-0.05, 0) is 41.3 Å². The van der Waals surface area contributed by atoms with E-state index < -0.39 is 0 Å². The zero-order chi connectivity index (χ0) is 13.9. The first-order valence-electron chi connectivity index (χ1n) is 6.92. The van der Waals surface area contributed by atoms with Crippen LogP contribution in [0.25, 0.3) is 10.8 Å². The second-order valence-electron chi connectivity index (χ2n) is 5.04. The lowest BCUT2D eigenvalue weighted by atomic mass is 9.94. The van der Waals surface area contributed by atoms with E-state index in [1.165, 1.54) is 0 Å². The summed E-state index contributed by atoms with van der Waals surface area (Å²) in [5.74, 6) is 1.29. The average Bonchev–Trinajstić information content (AvgIpc) is 2.50. The third kappa shape index (κ3) is 2.29. The van der Waals surface area contributed by atoms with Crippen LogP contribution >= 0.6 is 0 Å². The molecule has 1 N–H and O–H groups in total. The quantitative estimate of drug-likeness (QED) is 0.895. The number of aromatic hydroxyl groups is 1. The topological polar surface area (TPSA) is 29.5 Å². The number of phenolic OH excluding ortho intramolecular Hbond substituents is 1. The van der Waals surface area contributed by atoms with Gasteiger partial charge in [-0.25, -0.2) is 0 Å². The fraction of sp³-hybridized carbons (Fsp3) is 0.222. The summed E-state index contributed by atoms with van der Waals surface area (Å²) in [6, 6.07) is 11.9. The number of rotatable bonds is 3. The molecule has 0 radical (unpaired) electrons. The third-order valence-corrected chi connectivity index (χ3v) is 3.81. The van der Waals surface area contributed by atoms with Crippen LogP contribution in [0.1, 0.15) is 18.4 Å². The fourth-order valence-corrected chi connectivity index (χ4v) is 2.78. The van der Waals surface area contributed by atoms with Crippen molar-refractivity contribution in [2.75, 3.05) is 7.11 Å². The van der Waals surface area contributed by atoms with E-state index in [1.807, 2.05) is 18.2 Å². The molecule has 3 rings (SSSR count). The molecule has 2 heteroatoms. The van der Waals surface area contributed by atoms with Crippen molar-refractivity contribution in [3.8, 4) is 5.75 Å². The molecule has 0 fully saturated rings. The van der Waals surface area contributed by atoms with E-state index in [0.717, 1.165) is 40.5 Å². The average molecular weight is 266 g/mol. The Labute approximate surface area is 119 Å². The third-order valence-electron chi connectivity index (χ3n) is 3.81. The summed E-state index contributed by atoms with van der Waals surface area (Å²) in [6.07, 6.45) is 7.09. The van der Waals surface area contributed by atoms with Crippen LogP contribution in [0.2, 0.25) is 0 Å². The molecular weight excluding hydrogens is 248 g/mol. The Hall–Kier alpha value is -2.22. The van der Waals surface area contributed by atoms with Crippen molar-refractivity contribution in [2.24, 2.45) is 0 Å². The molecule has 20 heavy (non-hydrogen) atoms. The van der Waals surface area contributed by atoms with Gasteiger partial charge in [-0.15, -0.1) is 0 Å². The van der Waals surface area contributed by atoms with Gasteiger partial charge in [0.15, 0.2) is 0 Å². The Morgan fingerprint density at radius 1 is 1.05 bits per heavy atom. The first-order chi connectivity index (χ1) is 9.79. The molecule has 0 atom stereocenters. The molecule has 0 spiro atoms. The van der Waals surface area contributed by atoms with Crippen LogP contribution in [-0.4, -0.2) is 12.2 Å². The van der Waals surface area contributed by atoms with Crippen LogP contribution in [0.4, 0.5) is 0 Å². The number of methoxy groups -OCH3 is 1. The van der Waals surface area contributed by atoms with E-state index in [1.54, 1.807) is 13.2 Å². The number of hydrogen-bond acceptors (Lipinski definition) is 2. The molecule has 2 aromatic carbocycles. The van der Waals surface area contributed by atoms with Gasteiger partial charge in [-0.3, -0.25) is 0 Å². The highest BCUT2D eigenvalue weighted by molar-refractivity contribution is 5.88. The Bertz CT molecular complexity index is 696. The highest BCUT2D eigenvalue weighted by atomic mass is 16.5. The summed E-state index contributed by atoms with van der Waals surface area (Å²) in [7, 11) is 1.70. The van der Waals surface area contributed by atoms with Gasteiger partial charge in [0, 0.05) is 12.0 Å². The van der Waals surface area contributed by atoms with Crippen molar-refractivity contribution in [3.63, 3.8) is 0 Å². The van der Waals surface area contributed by atoms with Crippen LogP contribution in [0.5, 0.6) is 5.75 Å². The molecule has 0 saturated heterocycles. The van der Waals surface area contributed by atoms with E-state index in [2.05, 4.69) is 24.3 Å². The predicted octanol–water partition coefficient (Wildman–Crippen LogP) is 4.34. The SMILES string of the molecule is COC1=CCCC=C1Cc1c(O)ccc2ccccc12. The Kier molecular flexibility index (Phi) is 3.46. The van der Waals surface area contributed by atoms with Crippen LogP contribution < -0.4 is 0 Å². The van der Waals surface area contributed by atoms with Gasteiger partial charge in [0.2, 0.25) is 0 Å². The van der Waals surface area contributed by atoms with E-state index in [4.69, 9.17) is 4.74 Å². The maximum absolute atomic E-state index is 10.2. The second-order valence-corrected chi connectivity index (χ2v) is 5.04. The summed E-state index contributed by atoms with van der Waals surface area (Å²) in [6.45, 7) is 0. The smallest absolute Gasteiger partial charge is 0.119 e. The largest absolute Gasteiger partial charge is 0.508 e. The van der Waals surface area contributed by atoms with E-state index in [0.29, 0.717) is 12.2 Å². The predicted molar refractivity (Wildman–Crippen MR) is 81.7 cm³/mol. The Morgan fingerprint density at radius 2 is 1.85 bits per heavy atom. The lowest BCUT2D eigenvalue weighted by Gasteiger charge is -2.17. The molecule has 0 bridgehead atoms. The van der Waals surface area contributed by atoms with Crippen LogP contribution in [0, 0.1) is 0 Å². The number of hydrogen-bond donors (Lipinski definition) is 1. The lowest BCUT2D eigenvalue weighted by Crippen LogP contribution is -2.01. The molecule has 0 saturated carbocycles. The standard InChI is InChI=1S/C18H18O2/c1-20-18-9-5-3-7-14(18)12-16-15-8-4-2-6-13(15)10-11-17(16)19/h2,4,6-11,19H,3,5,12H2,1H3. The highest BCUT2D eigenvalue weighted by Gasteiger charge is 2.14. The first kappa shape index (κ1) is 12.8. The number of phenols is 1. The van der Waals surface area contributed by atoms with Crippen LogP contribution in [0.3, 0.4) is 0 Å². The molecule has 1 aliphatic rings. The van der Waals surface area contributed by atoms with Crippen molar-refractivity contribution >= 4 is 10.8 Å². The maximum atomic E-state index is 10.2. The van der Waals surface area contributed by atoms with Crippen LogP contribution in [-0.2, 0) is 11.2 Å². The second kappa shape index (κ2) is 5.41. The highest BCUT2D eigenvalue weighted by Crippen LogP contribution is 2.32. The molecule has 2 aromatic rings. The lowest BCUT2D eigenvalue weighted by molar-refractivity contribution is 0.295. The number of benzene rings is 2. The number of allylic oxidation sites excluding steroid dienone is 3. The summed E-state index contributed by atoms with van der Waals surface area (Å²) < 4.78 is 5.44. The molecule has 0 heterocycles. The summed E-state index contributed by atoms with van der Waals surface area (Å²) in [5, 5.41) is 12.5. The summed E-state index contributed by atoms with van der Waals surface area (Å²) in [4.78, 5) is 0.